The number of halogens is 1. The molecule has 2 amide bonds. The number of hydrogen-bond donors (Lipinski definition) is 1. The molecule has 1 aliphatic heterocycles. The number of carbonyl (C=O) groups excluding carboxylic acids is 2. The van der Waals surface area contributed by atoms with Gasteiger partial charge in [0.15, 0.2) is 0 Å². The standard InChI is InChI=1S/C17H15FN2O2/c1-4-14-11(2)15(17(22)20(3)16(14)21)9-10-19-13-7-5-12(18)6-8-13/h1,5-9,19H,10H2,2-3H3/b15-9-. The molecule has 1 N–H and O–H groups in total. The van der Waals surface area contributed by atoms with E-state index in [1.807, 2.05) is 0 Å². The van der Waals surface area contributed by atoms with E-state index in [2.05, 4.69) is 11.2 Å². The van der Waals surface area contributed by atoms with Gasteiger partial charge in [0.1, 0.15) is 5.82 Å². The van der Waals surface area contributed by atoms with Crippen LogP contribution in [0.15, 0.2) is 47.1 Å². The van der Waals surface area contributed by atoms with Crippen LogP contribution in [-0.2, 0) is 9.59 Å². The Hall–Kier alpha value is -2.87. The van der Waals surface area contributed by atoms with Crippen LogP contribution in [0.3, 0.4) is 0 Å². The van der Waals surface area contributed by atoms with Gasteiger partial charge >= 0.3 is 0 Å². The fourth-order valence-electron chi connectivity index (χ4n) is 2.15. The first-order chi connectivity index (χ1) is 10.5. The summed E-state index contributed by atoms with van der Waals surface area (Å²) >= 11 is 0. The first-order valence-electron chi connectivity index (χ1n) is 6.65. The van der Waals surface area contributed by atoms with E-state index in [1.165, 1.54) is 19.2 Å². The molecule has 0 atom stereocenters. The number of nitrogens with zero attached hydrogens (tertiary/aromatic N) is 1. The van der Waals surface area contributed by atoms with E-state index in [-0.39, 0.29) is 17.3 Å². The molecule has 5 heteroatoms. The van der Waals surface area contributed by atoms with Crippen molar-refractivity contribution in [2.45, 2.75) is 6.92 Å². The van der Waals surface area contributed by atoms with Crippen molar-refractivity contribution in [3.8, 4) is 12.3 Å². The smallest absolute Gasteiger partial charge is 0.269 e. The largest absolute Gasteiger partial charge is 0.382 e. The van der Waals surface area contributed by atoms with E-state index in [0.29, 0.717) is 17.7 Å². The number of carbonyl (C=O) groups is 2. The van der Waals surface area contributed by atoms with Crippen molar-refractivity contribution < 1.29 is 14.0 Å². The maximum atomic E-state index is 12.8. The first kappa shape index (κ1) is 15.5. The minimum atomic E-state index is -0.464. The third kappa shape index (κ3) is 2.91. The molecule has 4 nitrogen and oxygen atoms in total. The quantitative estimate of drug-likeness (QED) is 0.528. The summed E-state index contributed by atoms with van der Waals surface area (Å²) < 4.78 is 12.8. The van der Waals surface area contributed by atoms with Crippen LogP contribution in [0.5, 0.6) is 0 Å². The van der Waals surface area contributed by atoms with Crippen molar-refractivity contribution in [2.24, 2.45) is 0 Å². The number of imide groups is 1. The second-order valence-corrected chi connectivity index (χ2v) is 4.82. The summed E-state index contributed by atoms with van der Waals surface area (Å²) in [5.41, 5.74) is 1.81. The van der Waals surface area contributed by atoms with Gasteiger partial charge in [0, 0.05) is 24.9 Å². The number of rotatable bonds is 3. The third-order valence-electron chi connectivity index (χ3n) is 3.43. The monoisotopic (exact) mass is 298 g/mol. The number of anilines is 1. The predicted molar refractivity (Wildman–Crippen MR) is 82.3 cm³/mol. The van der Waals surface area contributed by atoms with Gasteiger partial charge in [-0.1, -0.05) is 12.0 Å². The molecule has 0 aliphatic carbocycles. The minimum Gasteiger partial charge on any atom is -0.382 e. The van der Waals surface area contributed by atoms with Crippen molar-refractivity contribution in [2.75, 3.05) is 18.9 Å². The zero-order valence-corrected chi connectivity index (χ0v) is 12.3. The van der Waals surface area contributed by atoms with Gasteiger partial charge in [-0.3, -0.25) is 14.5 Å². The van der Waals surface area contributed by atoms with Gasteiger partial charge in [0.25, 0.3) is 11.8 Å². The highest BCUT2D eigenvalue weighted by Gasteiger charge is 2.31. The lowest BCUT2D eigenvalue weighted by molar-refractivity contribution is -0.138. The Bertz CT molecular complexity index is 724. The van der Waals surface area contributed by atoms with Gasteiger partial charge in [-0.2, -0.15) is 0 Å². The Morgan fingerprint density at radius 3 is 2.50 bits per heavy atom. The fourth-order valence-corrected chi connectivity index (χ4v) is 2.15. The van der Waals surface area contributed by atoms with E-state index in [0.717, 1.165) is 10.6 Å². The van der Waals surface area contributed by atoms with Gasteiger partial charge in [-0.15, -0.1) is 6.42 Å². The SMILES string of the molecule is C#CC1=C(C)/C(=C/CNc2ccc(F)cc2)C(=O)N(C)C1=O. The van der Waals surface area contributed by atoms with Crippen LogP contribution in [-0.4, -0.2) is 30.3 Å². The molecule has 0 radical (unpaired) electrons. The van der Waals surface area contributed by atoms with E-state index in [4.69, 9.17) is 6.42 Å². The molecule has 0 aromatic heterocycles. The molecular formula is C17H15FN2O2. The van der Waals surface area contributed by atoms with E-state index < -0.39 is 5.91 Å². The van der Waals surface area contributed by atoms with Gasteiger partial charge < -0.3 is 5.32 Å². The molecule has 1 aromatic rings. The average Bonchev–Trinajstić information content (AvgIpc) is 2.51. The van der Waals surface area contributed by atoms with E-state index in [1.54, 1.807) is 25.1 Å². The number of likely N-dealkylation sites (N-methyl/N-ethyl adjacent to an activating group) is 1. The van der Waals surface area contributed by atoms with Crippen LogP contribution < -0.4 is 5.32 Å². The number of hydrogen-bond acceptors (Lipinski definition) is 3. The lowest BCUT2D eigenvalue weighted by Gasteiger charge is -2.24. The molecule has 112 valence electrons. The van der Waals surface area contributed by atoms with Crippen molar-refractivity contribution in [1.29, 1.82) is 0 Å². The molecule has 0 saturated heterocycles. The van der Waals surface area contributed by atoms with Crippen molar-refractivity contribution in [3.63, 3.8) is 0 Å². The maximum Gasteiger partial charge on any atom is 0.269 e. The topological polar surface area (TPSA) is 49.4 Å². The van der Waals surface area contributed by atoms with Crippen LogP contribution in [0.25, 0.3) is 0 Å². The van der Waals surface area contributed by atoms with E-state index in [9.17, 15) is 14.0 Å². The summed E-state index contributed by atoms with van der Waals surface area (Å²) in [7, 11) is 1.40. The Balaban J connectivity index is 2.21. The highest BCUT2D eigenvalue weighted by molar-refractivity contribution is 6.18. The Labute approximate surface area is 128 Å². The van der Waals surface area contributed by atoms with Gasteiger partial charge in [-0.25, -0.2) is 4.39 Å². The Morgan fingerprint density at radius 2 is 1.91 bits per heavy atom. The summed E-state index contributed by atoms with van der Waals surface area (Å²) in [4.78, 5) is 25.0. The van der Waals surface area contributed by atoms with Crippen LogP contribution in [0.1, 0.15) is 6.92 Å². The minimum absolute atomic E-state index is 0.190. The number of nitrogens with one attached hydrogen (secondary N) is 1. The summed E-state index contributed by atoms with van der Waals surface area (Å²) in [6, 6.07) is 5.88. The molecule has 22 heavy (non-hydrogen) atoms. The van der Waals surface area contributed by atoms with Gasteiger partial charge in [-0.05, 0) is 36.8 Å². The molecule has 0 saturated carbocycles. The summed E-state index contributed by atoms with van der Waals surface area (Å²) in [6.45, 7) is 2.01. The maximum absolute atomic E-state index is 12.8. The third-order valence-corrected chi connectivity index (χ3v) is 3.43. The second-order valence-electron chi connectivity index (χ2n) is 4.82. The predicted octanol–water partition coefficient (Wildman–Crippen LogP) is 2.11. The van der Waals surface area contributed by atoms with Crippen LogP contribution in [0, 0.1) is 18.2 Å². The zero-order chi connectivity index (χ0) is 16.3. The lowest BCUT2D eigenvalue weighted by Crippen LogP contribution is -2.39. The van der Waals surface area contributed by atoms with Crippen LogP contribution in [0.2, 0.25) is 0 Å². The summed E-state index contributed by atoms with van der Waals surface area (Å²) in [5.74, 6) is 1.17. The van der Waals surface area contributed by atoms with Crippen molar-refractivity contribution >= 4 is 17.5 Å². The molecule has 1 heterocycles. The molecule has 0 bridgehead atoms. The fraction of sp³-hybridized carbons (Fsp3) is 0.176. The highest BCUT2D eigenvalue weighted by Crippen LogP contribution is 2.23. The number of benzene rings is 1. The Kier molecular flexibility index (Phi) is 4.42. The molecule has 0 fully saturated rings. The second kappa shape index (κ2) is 6.27. The normalized spacial score (nSPS) is 17.0. The molecule has 2 rings (SSSR count). The Morgan fingerprint density at radius 1 is 1.27 bits per heavy atom. The molecule has 0 spiro atoms. The number of amides is 2. The first-order valence-corrected chi connectivity index (χ1v) is 6.65. The van der Waals surface area contributed by atoms with Crippen LogP contribution in [0.4, 0.5) is 10.1 Å². The molecule has 1 aliphatic rings. The number of terminal acetylenes is 1. The molecule has 1 aromatic carbocycles. The molecule has 0 unspecified atom stereocenters. The molecular weight excluding hydrogens is 283 g/mol. The van der Waals surface area contributed by atoms with Crippen molar-refractivity contribution in [1.82, 2.24) is 4.90 Å². The summed E-state index contributed by atoms with van der Waals surface area (Å²) in [5, 5.41) is 3.05. The van der Waals surface area contributed by atoms with Gasteiger partial charge in [0.05, 0.1) is 5.57 Å². The van der Waals surface area contributed by atoms with Gasteiger partial charge in [0.2, 0.25) is 0 Å². The van der Waals surface area contributed by atoms with Crippen molar-refractivity contribution in [3.05, 3.63) is 52.9 Å². The zero-order valence-electron chi connectivity index (χ0n) is 12.3. The average molecular weight is 298 g/mol. The van der Waals surface area contributed by atoms with Crippen LogP contribution >= 0.6 is 0 Å². The highest BCUT2D eigenvalue weighted by atomic mass is 19.1. The summed E-state index contributed by atoms with van der Waals surface area (Å²) in [6.07, 6.45) is 7.01. The van der Waals surface area contributed by atoms with E-state index >= 15 is 0 Å². The lowest BCUT2D eigenvalue weighted by atomic mass is 9.95.